The Morgan fingerprint density at radius 2 is 1.83 bits per heavy atom. The standard InChI is InChI=1S/C28H35N5O2S/c1-6-32(7-2)26(34)24-20(5)29-28-33(15-10-16-36-28)25(24)21-12-9-13-22(17-21)30-27(35)31-23-14-8-11-18(3)19(23)4/h8-9,11-14,17,25H,6-7,10,15-16H2,1-5H3,(H2,30,31,35). The van der Waals surface area contributed by atoms with Crippen molar-refractivity contribution in [1.29, 1.82) is 0 Å². The number of thioether (sulfide) groups is 1. The van der Waals surface area contributed by atoms with Crippen LogP contribution in [0.5, 0.6) is 0 Å². The lowest BCUT2D eigenvalue weighted by Crippen LogP contribution is -2.45. The van der Waals surface area contributed by atoms with Crippen LogP contribution in [0.2, 0.25) is 0 Å². The van der Waals surface area contributed by atoms with E-state index in [0.717, 1.165) is 52.0 Å². The number of fused-ring (bicyclic) bond motifs is 1. The Kier molecular flexibility index (Phi) is 8.04. The highest BCUT2D eigenvalue weighted by Crippen LogP contribution is 2.40. The molecule has 36 heavy (non-hydrogen) atoms. The Bertz CT molecular complexity index is 1220. The molecule has 2 aliphatic heterocycles. The van der Waals surface area contributed by atoms with Crippen LogP contribution in [-0.2, 0) is 4.79 Å². The van der Waals surface area contributed by atoms with Crippen LogP contribution in [0, 0.1) is 13.8 Å². The third kappa shape index (κ3) is 5.28. The molecule has 1 fully saturated rings. The predicted molar refractivity (Wildman–Crippen MR) is 150 cm³/mol. The number of amides is 3. The number of hydrogen-bond acceptors (Lipinski definition) is 5. The van der Waals surface area contributed by atoms with E-state index in [1.165, 1.54) is 0 Å². The van der Waals surface area contributed by atoms with Crippen LogP contribution in [0.15, 0.2) is 58.7 Å². The average molecular weight is 506 g/mol. The van der Waals surface area contributed by atoms with Gasteiger partial charge >= 0.3 is 6.03 Å². The van der Waals surface area contributed by atoms with Gasteiger partial charge < -0.3 is 20.4 Å². The lowest BCUT2D eigenvalue weighted by molar-refractivity contribution is -0.127. The Balaban J connectivity index is 1.65. The van der Waals surface area contributed by atoms with Gasteiger partial charge in [-0.25, -0.2) is 9.79 Å². The number of nitrogens with one attached hydrogen (secondary N) is 2. The number of carbonyl (C=O) groups excluding carboxylic acids is 2. The Hall–Kier alpha value is -3.26. The molecule has 1 atom stereocenters. The second-order valence-electron chi connectivity index (χ2n) is 9.12. The van der Waals surface area contributed by atoms with Crippen LogP contribution in [-0.4, -0.2) is 52.3 Å². The van der Waals surface area contributed by atoms with Crippen LogP contribution >= 0.6 is 11.8 Å². The van der Waals surface area contributed by atoms with Gasteiger partial charge in [-0.15, -0.1) is 0 Å². The molecule has 2 aromatic rings. The molecule has 2 N–H and O–H groups in total. The van der Waals surface area contributed by atoms with Gasteiger partial charge in [-0.05, 0) is 75.9 Å². The molecule has 2 aromatic carbocycles. The Labute approximate surface area is 218 Å². The Morgan fingerprint density at radius 3 is 2.58 bits per heavy atom. The first-order valence-electron chi connectivity index (χ1n) is 12.6. The summed E-state index contributed by atoms with van der Waals surface area (Å²) < 4.78 is 0. The van der Waals surface area contributed by atoms with Crippen molar-refractivity contribution in [2.75, 3.05) is 36.0 Å². The van der Waals surface area contributed by atoms with Gasteiger partial charge in [0.15, 0.2) is 5.17 Å². The molecule has 2 aliphatic rings. The minimum absolute atomic E-state index is 0.0203. The summed E-state index contributed by atoms with van der Waals surface area (Å²) in [5.41, 5.74) is 6.06. The number of likely N-dealkylation sites (N-methyl/N-ethyl adjacent to an activating group) is 1. The van der Waals surface area contributed by atoms with Crippen LogP contribution < -0.4 is 10.6 Å². The molecular formula is C28H35N5O2S. The molecule has 0 bridgehead atoms. The molecule has 0 radical (unpaired) electrons. The molecule has 0 saturated carbocycles. The maximum absolute atomic E-state index is 13.6. The van der Waals surface area contributed by atoms with E-state index in [9.17, 15) is 9.59 Å². The van der Waals surface area contributed by atoms with Gasteiger partial charge in [0.1, 0.15) is 0 Å². The van der Waals surface area contributed by atoms with Gasteiger partial charge in [0.05, 0.1) is 17.3 Å². The van der Waals surface area contributed by atoms with E-state index >= 15 is 0 Å². The van der Waals surface area contributed by atoms with Crippen LogP contribution in [0.25, 0.3) is 0 Å². The molecule has 190 valence electrons. The number of allylic oxidation sites excluding steroid dienone is 1. The van der Waals surface area contributed by atoms with Crippen molar-refractivity contribution in [3.63, 3.8) is 0 Å². The fourth-order valence-electron chi connectivity index (χ4n) is 4.73. The van der Waals surface area contributed by atoms with E-state index in [0.29, 0.717) is 24.4 Å². The highest BCUT2D eigenvalue weighted by molar-refractivity contribution is 8.13. The Morgan fingerprint density at radius 1 is 1.08 bits per heavy atom. The predicted octanol–water partition coefficient (Wildman–Crippen LogP) is 5.94. The fraction of sp³-hybridized carbons (Fsp3) is 0.393. The van der Waals surface area contributed by atoms with Gasteiger partial charge in [0.25, 0.3) is 5.91 Å². The summed E-state index contributed by atoms with van der Waals surface area (Å²) in [6.07, 6.45) is 1.03. The summed E-state index contributed by atoms with van der Waals surface area (Å²) in [5.74, 6) is 1.04. The lowest BCUT2D eigenvalue weighted by atomic mass is 9.93. The summed E-state index contributed by atoms with van der Waals surface area (Å²) in [7, 11) is 0. The summed E-state index contributed by atoms with van der Waals surface area (Å²) in [6.45, 7) is 12.1. The molecule has 0 aromatic heterocycles. The quantitative estimate of drug-likeness (QED) is 0.509. The number of nitrogens with zero attached hydrogens (tertiary/aromatic N) is 3. The molecule has 7 nitrogen and oxygen atoms in total. The van der Waals surface area contributed by atoms with E-state index in [1.807, 2.05) is 82.0 Å². The zero-order valence-electron chi connectivity index (χ0n) is 21.7. The number of amidine groups is 1. The van der Waals surface area contributed by atoms with Crippen molar-refractivity contribution < 1.29 is 9.59 Å². The first-order chi connectivity index (χ1) is 17.3. The largest absolute Gasteiger partial charge is 0.340 e. The van der Waals surface area contributed by atoms with E-state index in [2.05, 4.69) is 15.5 Å². The van der Waals surface area contributed by atoms with E-state index in [4.69, 9.17) is 4.99 Å². The number of urea groups is 1. The van der Waals surface area contributed by atoms with Crippen molar-refractivity contribution in [3.8, 4) is 0 Å². The van der Waals surface area contributed by atoms with Crippen LogP contribution in [0.4, 0.5) is 16.2 Å². The highest BCUT2D eigenvalue weighted by Gasteiger charge is 2.38. The third-order valence-electron chi connectivity index (χ3n) is 6.85. The minimum Gasteiger partial charge on any atom is -0.340 e. The summed E-state index contributed by atoms with van der Waals surface area (Å²) in [6, 6.07) is 13.1. The molecule has 8 heteroatoms. The molecule has 3 amide bonds. The lowest BCUT2D eigenvalue weighted by Gasteiger charge is -2.41. The second kappa shape index (κ2) is 11.2. The number of anilines is 2. The zero-order chi connectivity index (χ0) is 25.8. The van der Waals surface area contributed by atoms with E-state index in [1.54, 1.807) is 11.8 Å². The third-order valence-corrected chi connectivity index (χ3v) is 7.93. The minimum atomic E-state index is -0.300. The van der Waals surface area contributed by atoms with Gasteiger partial charge in [-0.2, -0.15) is 0 Å². The van der Waals surface area contributed by atoms with Gasteiger partial charge in [0, 0.05) is 36.8 Å². The normalized spacial score (nSPS) is 17.3. The molecule has 1 saturated heterocycles. The molecular weight excluding hydrogens is 470 g/mol. The maximum Gasteiger partial charge on any atom is 0.323 e. The van der Waals surface area contributed by atoms with Crippen molar-refractivity contribution in [2.24, 2.45) is 4.99 Å². The molecule has 1 unspecified atom stereocenters. The number of aliphatic imine (C=N–C) groups is 1. The first kappa shape index (κ1) is 25.8. The van der Waals surface area contributed by atoms with Gasteiger partial charge in [-0.3, -0.25) is 4.79 Å². The topological polar surface area (TPSA) is 77.0 Å². The number of hydrogen-bond donors (Lipinski definition) is 2. The van der Waals surface area contributed by atoms with Crippen molar-refractivity contribution in [1.82, 2.24) is 9.80 Å². The van der Waals surface area contributed by atoms with Gasteiger partial charge in [0.2, 0.25) is 0 Å². The number of aryl methyl sites for hydroxylation is 1. The van der Waals surface area contributed by atoms with Crippen LogP contribution in [0.3, 0.4) is 0 Å². The molecule has 4 rings (SSSR count). The van der Waals surface area contributed by atoms with E-state index in [-0.39, 0.29) is 18.0 Å². The first-order valence-corrected chi connectivity index (χ1v) is 13.5. The fourth-order valence-corrected chi connectivity index (χ4v) is 5.75. The number of benzene rings is 2. The average Bonchev–Trinajstić information content (AvgIpc) is 2.86. The summed E-state index contributed by atoms with van der Waals surface area (Å²) in [4.78, 5) is 35.4. The second-order valence-corrected chi connectivity index (χ2v) is 10.2. The SMILES string of the molecule is CCN(CC)C(=O)C1=C(C)N=C2SCCCN2C1c1cccc(NC(=O)Nc2cccc(C)c2C)c1. The highest BCUT2D eigenvalue weighted by atomic mass is 32.2. The smallest absolute Gasteiger partial charge is 0.323 e. The number of carbonyl (C=O) groups is 2. The summed E-state index contributed by atoms with van der Waals surface area (Å²) in [5, 5.41) is 6.89. The van der Waals surface area contributed by atoms with Gasteiger partial charge in [-0.1, -0.05) is 36.0 Å². The zero-order valence-corrected chi connectivity index (χ0v) is 22.5. The molecule has 0 spiro atoms. The van der Waals surface area contributed by atoms with Crippen molar-refractivity contribution >= 4 is 40.2 Å². The molecule has 0 aliphatic carbocycles. The number of rotatable bonds is 6. The maximum atomic E-state index is 13.6. The van der Waals surface area contributed by atoms with Crippen LogP contribution in [0.1, 0.15) is 49.9 Å². The molecule has 2 heterocycles. The van der Waals surface area contributed by atoms with Crippen molar-refractivity contribution in [2.45, 2.75) is 47.1 Å². The van der Waals surface area contributed by atoms with E-state index < -0.39 is 0 Å². The van der Waals surface area contributed by atoms with Crippen molar-refractivity contribution in [3.05, 3.63) is 70.4 Å². The monoisotopic (exact) mass is 505 g/mol. The summed E-state index contributed by atoms with van der Waals surface area (Å²) >= 11 is 1.74.